The highest BCUT2D eigenvalue weighted by Crippen LogP contribution is 2.44. The van der Waals surface area contributed by atoms with Crippen LogP contribution in [0.15, 0.2) is 30.3 Å². The first-order valence-electron chi connectivity index (χ1n) is 9.05. The number of ether oxygens (including phenoxy) is 3. The van der Waals surface area contributed by atoms with Crippen LogP contribution in [0.5, 0.6) is 11.5 Å². The van der Waals surface area contributed by atoms with Crippen molar-refractivity contribution in [2.45, 2.75) is 45.1 Å². The number of hydrogen-bond acceptors (Lipinski definition) is 4. The second-order valence-electron chi connectivity index (χ2n) is 6.58. The lowest BCUT2D eigenvalue weighted by Gasteiger charge is -2.17. The summed E-state index contributed by atoms with van der Waals surface area (Å²) in [6, 6.07) is 8.14. The zero-order valence-corrected chi connectivity index (χ0v) is 16.4. The maximum atomic E-state index is 13.5. The number of hydrogen-bond donors (Lipinski definition) is 0. The molecule has 4 nitrogen and oxygen atoms in total. The maximum absolute atomic E-state index is 13.5. The highest BCUT2D eigenvalue weighted by Gasteiger charge is 2.28. The van der Waals surface area contributed by atoms with Crippen molar-refractivity contribution >= 4 is 17.8 Å². The molecule has 3 rings (SSSR count). The number of alkyl halides is 2. The molecule has 0 unspecified atom stereocenters. The summed E-state index contributed by atoms with van der Waals surface area (Å²) in [6.07, 6.45) is -0.956. The number of benzene rings is 2. The Kier molecular flexibility index (Phi) is 6.39. The molecular weight excluding hydrogens is 390 g/mol. The molecule has 7 heteroatoms. The zero-order chi connectivity index (χ0) is 20.3. The van der Waals surface area contributed by atoms with Crippen LogP contribution in [0.4, 0.5) is 13.6 Å². The standard InChI is InChI=1S/C21H21ClF2O4/c1-3-12-9-15(20(23)24)19(10-17(12)22)27-11-16-14(13-7-8-13)5-4-6-18(16)28-21(25)26-2/h4-6,9-10,13,20H,3,7-8,11H2,1-2H3. The third-order valence-corrected chi connectivity index (χ3v) is 5.07. The SMILES string of the molecule is CCc1cc(C(F)F)c(OCc2c(OC(=O)OC)cccc2C2CC2)cc1Cl. The van der Waals surface area contributed by atoms with Gasteiger partial charge in [-0.2, -0.15) is 0 Å². The summed E-state index contributed by atoms with van der Waals surface area (Å²) in [6.45, 7) is 1.82. The van der Waals surface area contributed by atoms with Crippen molar-refractivity contribution in [1.82, 2.24) is 0 Å². The van der Waals surface area contributed by atoms with Gasteiger partial charge in [0.2, 0.25) is 0 Å². The van der Waals surface area contributed by atoms with Gasteiger partial charge in [-0.3, -0.25) is 0 Å². The summed E-state index contributed by atoms with van der Waals surface area (Å²) in [7, 11) is 1.22. The molecule has 1 aliphatic carbocycles. The Morgan fingerprint density at radius 2 is 2.00 bits per heavy atom. The molecule has 0 aliphatic heterocycles. The molecule has 0 heterocycles. The van der Waals surface area contributed by atoms with E-state index >= 15 is 0 Å². The summed E-state index contributed by atoms with van der Waals surface area (Å²) in [5, 5.41) is 0.378. The molecular formula is C21H21ClF2O4. The zero-order valence-electron chi connectivity index (χ0n) is 15.6. The molecule has 28 heavy (non-hydrogen) atoms. The van der Waals surface area contributed by atoms with Gasteiger partial charge >= 0.3 is 6.16 Å². The summed E-state index contributed by atoms with van der Waals surface area (Å²) in [5.41, 5.74) is 2.06. The number of methoxy groups -OCH3 is 1. The third-order valence-electron chi connectivity index (χ3n) is 4.71. The van der Waals surface area contributed by atoms with E-state index in [1.165, 1.54) is 19.2 Å². The van der Waals surface area contributed by atoms with Crippen molar-refractivity contribution in [2.24, 2.45) is 0 Å². The Labute approximate surface area is 167 Å². The molecule has 0 amide bonds. The van der Waals surface area contributed by atoms with E-state index in [4.69, 9.17) is 21.1 Å². The molecule has 1 saturated carbocycles. The Morgan fingerprint density at radius 1 is 1.25 bits per heavy atom. The first-order valence-corrected chi connectivity index (χ1v) is 9.43. The molecule has 0 aromatic heterocycles. The lowest BCUT2D eigenvalue weighted by atomic mass is 10.0. The van der Waals surface area contributed by atoms with Crippen molar-refractivity contribution in [3.05, 3.63) is 57.6 Å². The monoisotopic (exact) mass is 410 g/mol. The molecule has 150 valence electrons. The van der Waals surface area contributed by atoms with Gasteiger partial charge < -0.3 is 14.2 Å². The topological polar surface area (TPSA) is 44.8 Å². The van der Waals surface area contributed by atoms with E-state index in [1.807, 2.05) is 13.0 Å². The molecule has 0 saturated heterocycles. The predicted molar refractivity (Wildman–Crippen MR) is 102 cm³/mol. The van der Waals surface area contributed by atoms with Gasteiger partial charge in [-0.05, 0) is 54.5 Å². The fourth-order valence-corrected chi connectivity index (χ4v) is 3.36. The smallest absolute Gasteiger partial charge is 0.488 e. The third kappa shape index (κ3) is 4.55. The molecule has 2 aromatic rings. The summed E-state index contributed by atoms with van der Waals surface area (Å²) < 4.78 is 42.5. The van der Waals surface area contributed by atoms with E-state index in [1.54, 1.807) is 12.1 Å². The van der Waals surface area contributed by atoms with Crippen LogP contribution in [0.2, 0.25) is 5.02 Å². The Hall–Kier alpha value is -2.34. The van der Waals surface area contributed by atoms with Gasteiger partial charge in [-0.15, -0.1) is 0 Å². The summed E-state index contributed by atoms with van der Waals surface area (Å²) in [5.74, 6) is 0.665. The molecule has 0 spiro atoms. The van der Waals surface area contributed by atoms with Gasteiger partial charge in [0.15, 0.2) is 0 Å². The van der Waals surface area contributed by atoms with Crippen LogP contribution < -0.4 is 9.47 Å². The average Bonchev–Trinajstić information content (AvgIpc) is 3.51. The van der Waals surface area contributed by atoms with E-state index in [2.05, 4.69) is 4.74 Å². The number of aryl methyl sites for hydroxylation is 1. The molecule has 2 aromatic carbocycles. The normalized spacial score (nSPS) is 13.5. The van der Waals surface area contributed by atoms with Gasteiger partial charge in [-0.1, -0.05) is 30.7 Å². The van der Waals surface area contributed by atoms with Crippen molar-refractivity contribution in [3.8, 4) is 11.5 Å². The molecule has 1 aliphatic rings. The lowest BCUT2D eigenvalue weighted by Crippen LogP contribution is -2.11. The van der Waals surface area contributed by atoms with E-state index in [-0.39, 0.29) is 17.9 Å². The van der Waals surface area contributed by atoms with E-state index < -0.39 is 12.6 Å². The highest BCUT2D eigenvalue weighted by atomic mass is 35.5. The van der Waals surface area contributed by atoms with Gasteiger partial charge in [0.1, 0.15) is 18.1 Å². The average molecular weight is 411 g/mol. The van der Waals surface area contributed by atoms with Gasteiger partial charge in [0.25, 0.3) is 6.43 Å². The van der Waals surface area contributed by atoms with Gasteiger partial charge in [-0.25, -0.2) is 13.6 Å². The molecule has 0 N–H and O–H groups in total. The Balaban J connectivity index is 1.92. The first-order chi connectivity index (χ1) is 13.4. The number of carbonyl (C=O) groups excluding carboxylic acids is 1. The van der Waals surface area contributed by atoms with Gasteiger partial charge in [0, 0.05) is 10.6 Å². The lowest BCUT2D eigenvalue weighted by molar-refractivity contribution is 0.120. The van der Waals surface area contributed by atoms with E-state index in [0.29, 0.717) is 34.2 Å². The van der Waals surface area contributed by atoms with Crippen LogP contribution >= 0.6 is 11.6 Å². The number of rotatable bonds is 7. The van der Waals surface area contributed by atoms with E-state index in [9.17, 15) is 13.6 Å². The predicted octanol–water partition coefficient (Wildman–Crippen LogP) is 6.44. The Bertz CT molecular complexity index is 866. The van der Waals surface area contributed by atoms with Crippen molar-refractivity contribution < 1.29 is 27.8 Å². The minimum atomic E-state index is -2.69. The second-order valence-corrected chi connectivity index (χ2v) is 6.99. The summed E-state index contributed by atoms with van der Waals surface area (Å²) in [4.78, 5) is 11.6. The largest absolute Gasteiger partial charge is 0.513 e. The maximum Gasteiger partial charge on any atom is 0.513 e. The highest BCUT2D eigenvalue weighted by molar-refractivity contribution is 6.31. The van der Waals surface area contributed by atoms with Gasteiger partial charge in [0.05, 0.1) is 12.7 Å². The fourth-order valence-electron chi connectivity index (χ4n) is 3.08. The minimum Gasteiger partial charge on any atom is -0.488 e. The number of halogens is 3. The van der Waals surface area contributed by atoms with Crippen LogP contribution in [0, 0.1) is 0 Å². The van der Waals surface area contributed by atoms with Crippen LogP contribution in [0.1, 0.15) is 54.4 Å². The first kappa shape index (κ1) is 20.4. The second kappa shape index (κ2) is 8.78. The quantitative estimate of drug-likeness (QED) is 0.389. The molecule has 0 atom stereocenters. The molecule has 0 radical (unpaired) electrons. The molecule has 0 bridgehead atoms. The summed E-state index contributed by atoms with van der Waals surface area (Å²) >= 11 is 6.19. The van der Waals surface area contributed by atoms with Crippen LogP contribution in [0.3, 0.4) is 0 Å². The van der Waals surface area contributed by atoms with Crippen LogP contribution in [-0.4, -0.2) is 13.3 Å². The van der Waals surface area contributed by atoms with Crippen LogP contribution in [0.25, 0.3) is 0 Å². The van der Waals surface area contributed by atoms with Crippen molar-refractivity contribution in [2.75, 3.05) is 7.11 Å². The van der Waals surface area contributed by atoms with Crippen LogP contribution in [-0.2, 0) is 17.8 Å². The van der Waals surface area contributed by atoms with Crippen molar-refractivity contribution in [3.63, 3.8) is 0 Å². The molecule has 1 fully saturated rings. The Morgan fingerprint density at radius 3 is 2.61 bits per heavy atom. The fraction of sp³-hybridized carbons (Fsp3) is 0.381. The van der Waals surface area contributed by atoms with E-state index in [0.717, 1.165) is 18.4 Å². The minimum absolute atomic E-state index is 0.0202. The number of carbonyl (C=O) groups is 1. The van der Waals surface area contributed by atoms with Crippen molar-refractivity contribution in [1.29, 1.82) is 0 Å².